The van der Waals surface area contributed by atoms with Gasteiger partial charge in [-0.1, -0.05) is 76.7 Å². The zero-order valence-corrected chi connectivity index (χ0v) is 16.6. The maximum Gasteiger partial charge on any atom is -0.0388 e. The molecule has 1 aliphatic rings. The molecule has 1 fully saturated rings. The third-order valence-corrected chi connectivity index (χ3v) is 3.40. The Morgan fingerprint density at radius 3 is 0.947 bits per heavy atom. The highest BCUT2D eigenvalue weighted by Gasteiger charge is 2.28. The molecule has 0 saturated heterocycles. The molecule has 0 aromatic carbocycles. The number of hydrogen-bond acceptors (Lipinski definition) is 0. The largest absolute Gasteiger partial charge is 0.153 e. The highest BCUT2D eigenvalue weighted by molar-refractivity contribution is 6.92. The summed E-state index contributed by atoms with van der Waals surface area (Å²) in [5, 5.41) is 0. The molecule has 0 spiro atoms. The van der Waals surface area contributed by atoms with E-state index in [2.05, 4.69) is 27.7 Å². The van der Waals surface area contributed by atoms with Crippen LogP contribution >= 0.6 is 9.90 Å². The normalized spacial score (nSPS) is 19.6. The van der Waals surface area contributed by atoms with Crippen LogP contribution in [0.15, 0.2) is 0 Å². The van der Waals surface area contributed by atoms with Gasteiger partial charge in [-0.25, -0.2) is 0 Å². The van der Waals surface area contributed by atoms with Gasteiger partial charge >= 0.3 is 0 Å². The van der Waals surface area contributed by atoms with Gasteiger partial charge in [0.05, 0.1) is 0 Å². The van der Waals surface area contributed by atoms with E-state index in [-0.39, 0.29) is 17.3 Å². The van der Waals surface area contributed by atoms with Gasteiger partial charge in [0.25, 0.3) is 0 Å². The molecule has 0 heterocycles. The summed E-state index contributed by atoms with van der Waals surface area (Å²) in [5.74, 6) is 3.89. The van der Waals surface area contributed by atoms with Crippen molar-refractivity contribution < 1.29 is 0 Å². The minimum Gasteiger partial charge on any atom is -0.153 e. The van der Waals surface area contributed by atoms with Gasteiger partial charge in [0.1, 0.15) is 0 Å². The Morgan fingerprint density at radius 2 is 0.842 bits per heavy atom. The summed E-state index contributed by atoms with van der Waals surface area (Å²) in [6.45, 7) is 21.5. The van der Waals surface area contributed by atoms with Crippen molar-refractivity contribution in [1.82, 2.24) is 0 Å². The second kappa shape index (κ2) is 23.5. The van der Waals surface area contributed by atoms with Crippen molar-refractivity contribution in [3.8, 4) is 0 Å². The van der Waals surface area contributed by atoms with E-state index in [4.69, 9.17) is 0 Å². The van der Waals surface area contributed by atoms with Crippen molar-refractivity contribution in [3.05, 3.63) is 0 Å². The lowest BCUT2D eigenvalue weighted by Crippen LogP contribution is -2.07. The average molecular weight is 295 g/mol. The molecule has 19 heavy (non-hydrogen) atoms. The monoisotopic (exact) mass is 294 g/mol. The van der Waals surface area contributed by atoms with Crippen LogP contribution < -0.4 is 0 Å². The molecule has 0 aromatic heterocycles. The molecular formula is C18H47P. The topological polar surface area (TPSA) is 0 Å². The fourth-order valence-electron chi connectivity index (χ4n) is 2.26. The van der Waals surface area contributed by atoms with Gasteiger partial charge in [0.15, 0.2) is 0 Å². The highest BCUT2D eigenvalue weighted by atomic mass is 31.0. The van der Waals surface area contributed by atoms with Crippen molar-refractivity contribution in [2.24, 2.45) is 23.7 Å². The van der Waals surface area contributed by atoms with Crippen LogP contribution in [0.1, 0.15) is 95.9 Å². The average Bonchev–Trinajstić information content (AvgIpc) is 2.86. The van der Waals surface area contributed by atoms with E-state index in [0.717, 1.165) is 23.7 Å². The second-order valence-electron chi connectivity index (χ2n) is 4.82. The van der Waals surface area contributed by atoms with E-state index in [1.54, 1.807) is 0 Å². The minimum atomic E-state index is 0. The molecule has 124 valence electrons. The summed E-state index contributed by atoms with van der Waals surface area (Å²) >= 11 is 0. The van der Waals surface area contributed by atoms with Crippen molar-refractivity contribution in [3.63, 3.8) is 0 Å². The Bertz CT molecular complexity index is 105. The fourth-order valence-corrected chi connectivity index (χ4v) is 2.26. The zero-order valence-electron chi connectivity index (χ0n) is 15.1. The lowest BCUT2D eigenvalue weighted by Gasteiger charge is -2.16. The molecular weight excluding hydrogens is 247 g/mol. The lowest BCUT2D eigenvalue weighted by molar-refractivity contribution is 0.340. The Kier molecular flexibility index (Phi) is 39.2. The first-order valence-corrected chi connectivity index (χ1v) is 8.11. The van der Waals surface area contributed by atoms with Crippen LogP contribution in [-0.4, -0.2) is 0 Å². The van der Waals surface area contributed by atoms with Crippen LogP contribution in [0.25, 0.3) is 0 Å². The molecule has 0 radical (unpaired) electrons. The lowest BCUT2D eigenvalue weighted by atomic mass is 9.89. The third-order valence-electron chi connectivity index (χ3n) is 3.40. The van der Waals surface area contributed by atoms with Crippen LogP contribution in [0.3, 0.4) is 0 Å². The molecule has 1 aliphatic carbocycles. The summed E-state index contributed by atoms with van der Waals surface area (Å²) in [5.41, 5.74) is 0. The fraction of sp³-hybridized carbons (Fsp3) is 1.00. The SMILES string of the molecule is C.CC.CC.CC.CC(C)C1CCC(C(C)C)C1.P. The van der Waals surface area contributed by atoms with Crippen molar-refractivity contribution in [1.29, 1.82) is 0 Å². The molecule has 0 aromatic rings. The van der Waals surface area contributed by atoms with E-state index >= 15 is 0 Å². The molecule has 3 atom stereocenters. The summed E-state index contributed by atoms with van der Waals surface area (Å²) in [6.07, 6.45) is 4.47. The van der Waals surface area contributed by atoms with E-state index in [1.165, 1.54) is 19.3 Å². The molecule has 1 rings (SSSR count). The number of hydrogen-bond donors (Lipinski definition) is 0. The van der Waals surface area contributed by atoms with Crippen molar-refractivity contribution >= 4 is 9.90 Å². The first-order valence-electron chi connectivity index (χ1n) is 8.11. The van der Waals surface area contributed by atoms with Crippen LogP contribution in [0.5, 0.6) is 0 Å². The Balaban J connectivity index is -0.0000000724. The van der Waals surface area contributed by atoms with Crippen molar-refractivity contribution in [2.45, 2.75) is 95.9 Å². The smallest absolute Gasteiger partial charge is 0.0388 e. The van der Waals surface area contributed by atoms with Gasteiger partial charge in [0, 0.05) is 0 Å². The molecule has 0 N–H and O–H groups in total. The van der Waals surface area contributed by atoms with Gasteiger partial charge < -0.3 is 0 Å². The van der Waals surface area contributed by atoms with Gasteiger partial charge in [-0.05, 0) is 42.9 Å². The first-order chi connectivity index (χ1) is 8.11. The predicted octanol–water partition coefficient (Wildman–Crippen LogP) is 7.49. The van der Waals surface area contributed by atoms with Crippen molar-refractivity contribution in [2.75, 3.05) is 0 Å². The molecule has 1 saturated carbocycles. The van der Waals surface area contributed by atoms with Crippen LogP contribution in [0.4, 0.5) is 0 Å². The van der Waals surface area contributed by atoms with Crippen LogP contribution in [0.2, 0.25) is 0 Å². The Morgan fingerprint density at radius 1 is 0.632 bits per heavy atom. The van der Waals surface area contributed by atoms with Gasteiger partial charge in [-0.2, -0.15) is 9.90 Å². The maximum atomic E-state index is 2.37. The van der Waals surface area contributed by atoms with Gasteiger partial charge in [-0.15, -0.1) is 0 Å². The second-order valence-corrected chi connectivity index (χ2v) is 4.82. The Hall–Kier alpha value is 0.430. The standard InChI is InChI=1S/C11H22.3C2H6.CH4.H3P/c1-8(2)10-5-6-11(7-10)9(3)4;3*1-2;;/h8-11H,5-7H2,1-4H3;3*1-2H3;1H4;1H3. The zero-order chi connectivity index (χ0) is 14.4. The first kappa shape index (κ1) is 31.7. The molecule has 0 amide bonds. The highest BCUT2D eigenvalue weighted by Crippen LogP contribution is 2.38. The van der Waals surface area contributed by atoms with E-state index in [9.17, 15) is 0 Å². The molecule has 1 heteroatoms. The maximum absolute atomic E-state index is 2.37. The Labute approximate surface area is 130 Å². The van der Waals surface area contributed by atoms with E-state index in [1.807, 2.05) is 41.5 Å². The summed E-state index contributed by atoms with van der Waals surface area (Å²) in [6, 6.07) is 0. The van der Waals surface area contributed by atoms with E-state index < -0.39 is 0 Å². The summed E-state index contributed by atoms with van der Waals surface area (Å²) in [4.78, 5) is 0. The van der Waals surface area contributed by atoms with Gasteiger partial charge in [-0.3, -0.25) is 0 Å². The predicted molar refractivity (Wildman–Crippen MR) is 102 cm³/mol. The van der Waals surface area contributed by atoms with Crippen LogP contribution in [0, 0.1) is 23.7 Å². The number of rotatable bonds is 2. The summed E-state index contributed by atoms with van der Waals surface area (Å²) < 4.78 is 0. The van der Waals surface area contributed by atoms with E-state index in [0.29, 0.717) is 0 Å². The molecule has 0 bridgehead atoms. The third kappa shape index (κ3) is 16.4. The quantitative estimate of drug-likeness (QED) is 0.463. The molecule has 0 aliphatic heterocycles. The minimum absolute atomic E-state index is 0. The molecule has 3 unspecified atom stereocenters. The van der Waals surface area contributed by atoms with Crippen LogP contribution in [-0.2, 0) is 0 Å². The van der Waals surface area contributed by atoms with Gasteiger partial charge in [0.2, 0.25) is 0 Å². The summed E-state index contributed by atoms with van der Waals surface area (Å²) in [7, 11) is 0. The molecule has 0 nitrogen and oxygen atoms in total.